The van der Waals surface area contributed by atoms with Gasteiger partial charge in [-0.15, -0.1) is 0 Å². The average molecular weight is 353 g/mol. The molecule has 0 saturated carbocycles. The van der Waals surface area contributed by atoms with Gasteiger partial charge in [0.1, 0.15) is 0 Å². The Morgan fingerprint density at radius 3 is 1.40 bits per heavy atom. The molecule has 2 aliphatic heterocycles. The van der Waals surface area contributed by atoms with Crippen molar-refractivity contribution >= 4 is 39.8 Å². The van der Waals surface area contributed by atoms with Crippen LogP contribution in [0.25, 0.3) is 0 Å². The first-order valence-corrected chi connectivity index (χ1v) is 13.2. The minimum absolute atomic E-state index is 0.931. The van der Waals surface area contributed by atoms with Gasteiger partial charge in [0.15, 0.2) is 0 Å². The van der Waals surface area contributed by atoms with E-state index in [9.17, 15) is 0 Å². The second kappa shape index (κ2) is 6.23. The van der Waals surface area contributed by atoms with Crippen LogP contribution in [0.3, 0.4) is 0 Å². The minimum Gasteiger partial charge on any atom is -0.257 e. The van der Waals surface area contributed by atoms with Crippen molar-refractivity contribution in [1.29, 1.82) is 0 Å². The van der Waals surface area contributed by atoms with E-state index in [-0.39, 0.29) is 0 Å². The van der Waals surface area contributed by atoms with Crippen molar-refractivity contribution in [3.63, 3.8) is 0 Å². The third-order valence-corrected chi connectivity index (χ3v) is 12.3. The average Bonchev–Trinajstić information content (AvgIpc) is 3.02. The second-order valence-corrected chi connectivity index (χ2v) is 15.8. The molecule has 0 radical (unpaired) electrons. The van der Waals surface area contributed by atoms with E-state index in [0.29, 0.717) is 0 Å². The van der Waals surface area contributed by atoms with Gasteiger partial charge in [0.2, 0.25) is 0 Å². The molecule has 0 N–H and O–H groups in total. The third kappa shape index (κ3) is 3.76. The molecule has 0 amide bonds. The lowest BCUT2D eigenvalue weighted by molar-refractivity contribution is 0.949. The van der Waals surface area contributed by atoms with E-state index in [2.05, 4.69) is 9.97 Å². The van der Waals surface area contributed by atoms with E-state index in [1.165, 1.54) is 48.7 Å². The van der Waals surface area contributed by atoms with Crippen molar-refractivity contribution in [1.82, 2.24) is 9.97 Å². The molecule has 114 valence electrons. The lowest BCUT2D eigenvalue weighted by atomic mass is 10.4. The van der Waals surface area contributed by atoms with Crippen LogP contribution in [-0.4, -0.2) is 33.0 Å². The summed E-state index contributed by atoms with van der Waals surface area (Å²) in [5, 5.41) is 0. The van der Waals surface area contributed by atoms with Gasteiger partial charge < -0.3 is 0 Å². The van der Waals surface area contributed by atoms with Gasteiger partial charge in [-0.25, -0.2) is 0 Å². The first kappa shape index (κ1) is 15.3. The summed E-state index contributed by atoms with van der Waals surface area (Å²) in [4.78, 5) is 9.18. The summed E-state index contributed by atoms with van der Waals surface area (Å²) in [6, 6.07) is 0. The maximum atomic E-state index is 6.70. The van der Waals surface area contributed by atoms with Gasteiger partial charge >= 0.3 is 0 Å². The summed E-state index contributed by atoms with van der Waals surface area (Å²) in [6.07, 6.45) is 8.98. The second-order valence-electron chi connectivity index (χ2n) is 5.90. The molecule has 0 spiro atoms. The molecule has 1 aromatic rings. The molecule has 2 nitrogen and oxygen atoms in total. The number of hydrogen-bond acceptors (Lipinski definition) is 2. The zero-order valence-electron chi connectivity index (χ0n) is 11.7. The van der Waals surface area contributed by atoms with Gasteiger partial charge in [-0.05, 0) is 48.7 Å². The van der Waals surface area contributed by atoms with Gasteiger partial charge in [-0.2, -0.15) is 18.5 Å². The number of halogens is 2. The van der Waals surface area contributed by atoms with Crippen LogP contribution in [0.2, 0.25) is 0 Å². The van der Waals surface area contributed by atoms with Crippen LogP contribution in [0.4, 0.5) is 0 Å². The van der Waals surface area contributed by atoms with Gasteiger partial charge in [0, 0.05) is 23.9 Å². The van der Waals surface area contributed by atoms with Crippen LogP contribution >= 0.6 is 39.8 Å². The van der Waals surface area contributed by atoms with Crippen molar-refractivity contribution < 1.29 is 0 Å². The largest absolute Gasteiger partial charge is 0.257 e. The molecule has 20 heavy (non-hydrogen) atoms. The summed E-state index contributed by atoms with van der Waals surface area (Å²) in [5.41, 5.74) is 2.12. The van der Waals surface area contributed by atoms with Gasteiger partial charge in [0.25, 0.3) is 0 Å². The van der Waals surface area contributed by atoms with Gasteiger partial charge in [-0.1, -0.05) is 21.4 Å². The maximum Gasteiger partial charge on any atom is 0.0681 e. The molecule has 3 rings (SSSR count). The van der Waals surface area contributed by atoms with E-state index in [0.717, 1.165) is 22.9 Å². The molecule has 3 heterocycles. The van der Waals surface area contributed by atoms with E-state index in [1.54, 1.807) is 0 Å². The van der Waals surface area contributed by atoms with Crippen LogP contribution < -0.4 is 0 Å². The lowest BCUT2D eigenvalue weighted by Gasteiger charge is -2.27. The Morgan fingerprint density at radius 2 is 1.10 bits per heavy atom. The van der Waals surface area contributed by atoms with E-state index in [1.807, 2.05) is 12.4 Å². The summed E-state index contributed by atoms with van der Waals surface area (Å²) in [7, 11) is 11.5. The molecule has 1 aromatic heterocycles. The quantitative estimate of drug-likeness (QED) is 0.763. The molecule has 0 aliphatic carbocycles. The molecule has 0 bridgehead atoms. The summed E-state index contributed by atoms with van der Waals surface area (Å²) in [5.74, 6) is 6.61. The Kier molecular flexibility index (Phi) is 4.76. The van der Waals surface area contributed by atoms with Crippen LogP contribution in [0.15, 0.2) is 12.4 Å². The highest BCUT2D eigenvalue weighted by molar-refractivity contribution is 8.51. The highest BCUT2D eigenvalue weighted by Crippen LogP contribution is 2.61. The molecule has 0 atom stereocenters. The number of nitrogens with zero attached hydrogens (tertiary/aromatic N) is 2. The standard InChI is InChI=1S/C14H22Cl2N2S2/c15-19(5-1-2-6-19)11-13-9-18-14(10-17-13)12-20(16)7-3-4-8-20/h9-10H,1-8,11-12H2. The van der Waals surface area contributed by atoms with Crippen molar-refractivity contribution in [3.05, 3.63) is 23.8 Å². The summed E-state index contributed by atoms with van der Waals surface area (Å²) >= 11 is 0. The van der Waals surface area contributed by atoms with Gasteiger partial charge in [-0.3, -0.25) is 9.97 Å². The molecular formula is C14H22Cl2N2S2. The Balaban J connectivity index is 1.62. The number of aromatic nitrogens is 2. The molecule has 0 unspecified atom stereocenters. The topological polar surface area (TPSA) is 25.8 Å². The fourth-order valence-electron chi connectivity index (χ4n) is 3.00. The zero-order valence-corrected chi connectivity index (χ0v) is 14.8. The number of hydrogen-bond donors (Lipinski definition) is 0. The van der Waals surface area contributed by atoms with Gasteiger partial charge in [0.05, 0.1) is 11.4 Å². The van der Waals surface area contributed by atoms with Crippen LogP contribution in [0.5, 0.6) is 0 Å². The van der Waals surface area contributed by atoms with Crippen molar-refractivity contribution in [2.24, 2.45) is 0 Å². The fourth-order valence-corrected chi connectivity index (χ4v) is 10.2. The Bertz CT molecular complexity index is 412. The highest BCUT2D eigenvalue weighted by Gasteiger charge is 2.28. The van der Waals surface area contributed by atoms with Crippen LogP contribution in [0.1, 0.15) is 37.1 Å². The molecule has 6 heteroatoms. The Morgan fingerprint density at radius 1 is 0.750 bits per heavy atom. The van der Waals surface area contributed by atoms with Crippen molar-refractivity contribution in [2.75, 3.05) is 23.0 Å². The minimum atomic E-state index is -0.955. The maximum absolute atomic E-state index is 6.70. The summed E-state index contributed by atoms with van der Waals surface area (Å²) < 4.78 is 0. The van der Waals surface area contributed by atoms with Crippen LogP contribution in [0, 0.1) is 0 Å². The predicted molar refractivity (Wildman–Crippen MR) is 94.3 cm³/mol. The van der Waals surface area contributed by atoms with E-state index in [4.69, 9.17) is 21.4 Å². The monoisotopic (exact) mass is 352 g/mol. The van der Waals surface area contributed by atoms with E-state index >= 15 is 0 Å². The smallest absolute Gasteiger partial charge is 0.0681 e. The van der Waals surface area contributed by atoms with E-state index < -0.39 is 18.5 Å². The zero-order chi connectivity index (χ0) is 14.1. The molecule has 0 aromatic carbocycles. The number of rotatable bonds is 4. The molecule has 2 saturated heterocycles. The van der Waals surface area contributed by atoms with Crippen molar-refractivity contribution in [2.45, 2.75) is 37.2 Å². The molecular weight excluding hydrogens is 331 g/mol. The Hall–Kier alpha value is 0.360. The summed E-state index contributed by atoms with van der Waals surface area (Å²) in [6.45, 7) is 0. The first-order chi connectivity index (χ1) is 9.57. The predicted octanol–water partition coefficient (Wildman–Crippen LogP) is 4.98. The van der Waals surface area contributed by atoms with Crippen LogP contribution in [-0.2, 0) is 11.5 Å². The molecule has 2 fully saturated rings. The fraction of sp³-hybridized carbons (Fsp3) is 0.714. The first-order valence-electron chi connectivity index (χ1n) is 7.29. The molecule has 2 aliphatic rings. The highest BCUT2D eigenvalue weighted by atomic mass is 35.7. The van der Waals surface area contributed by atoms with Crippen molar-refractivity contribution in [3.8, 4) is 0 Å². The Labute approximate surface area is 133 Å². The third-order valence-electron chi connectivity index (χ3n) is 4.11. The lowest BCUT2D eigenvalue weighted by Crippen LogP contribution is -2.04. The normalized spacial score (nSPS) is 27.3. The SMILES string of the molecule is ClS1(Cc2cnc(CS3(Cl)CCCC3)cn2)CCCC1.